The van der Waals surface area contributed by atoms with Crippen LogP contribution in [-0.4, -0.2) is 23.3 Å². The Hall–Kier alpha value is -1.07. The van der Waals surface area contributed by atoms with Crippen LogP contribution in [0.15, 0.2) is 29.2 Å². The topological polar surface area (TPSA) is 55.2 Å². The lowest BCUT2D eigenvalue weighted by Gasteiger charge is -2.03. The average molecular weight is 252 g/mol. The molecule has 1 fully saturated rings. The second-order valence-corrected chi connectivity index (χ2v) is 5.35. The van der Waals surface area contributed by atoms with Gasteiger partial charge in [0.1, 0.15) is 0 Å². The monoisotopic (exact) mass is 252 g/mol. The van der Waals surface area contributed by atoms with Gasteiger partial charge in [-0.25, -0.2) is 0 Å². The Labute approximate surface area is 105 Å². The van der Waals surface area contributed by atoms with Crippen molar-refractivity contribution in [1.82, 2.24) is 5.32 Å². The minimum Gasteiger partial charge on any atom is -0.314 e. The first-order chi connectivity index (χ1) is 8.25. The lowest BCUT2D eigenvalue weighted by atomic mass is 10.3. The van der Waals surface area contributed by atoms with Crippen LogP contribution in [0.4, 0.5) is 5.69 Å². The highest BCUT2D eigenvalue weighted by atomic mass is 32.2. The SMILES string of the molecule is O=[N+]([O-])c1ccc(SCCCNC2CC2)cc1. The summed E-state index contributed by atoms with van der Waals surface area (Å²) in [5, 5.41) is 13.9. The van der Waals surface area contributed by atoms with Gasteiger partial charge in [-0.15, -0.1) is 11.8 Å². The number of hydrogen-bond donors (Lipinski definition) is 1. The molecule has 0 bridgehead atoms. The summed E-state index contributed by atoms with van der Waals surface area (Å²) in [7, 11) is 0. The molecule has 1 N–H and O–H groups in total. The molecular formula is C12H16N2O2S. The maximum absolute atomic E-state index is 10.5. The largest absolute Gasteiger partial charge is 0.314 e. The second kappa shape index (κ2) is 6.02. The van der Waals surface area contributed by atoms with E-state index in [0.717, 1.165) is 29.7 Å². The van der Waals surface area contributed by atoms with Gasteiger partial charge in [-0.2, -0.15) is 0 Å². The highest BCUT2D eigenvalue weighted by Gasteiger charge is 2.19. The smallest absolute Gasteiger partial charge is 0.269 e. The van der Waals surface area contributed by atoms with E-state index in [2.05, 4.69) is 5.32 Å². The van der Waals surface area contributed by atoms with Gasteiger partial charge in [0.05, 0.1) is 4.92 Å². The van der Waals surface area contributed by atoms with Crippen LogP contribution in [0.1, 0.15) is 19.3 Å². The molecule has 1 aromatic carbocycles. The molecule has 1 aliphatic rings. The molecule has 1 aliphatic carbocycles. The van der Waals surface area contributed by atoms with Gasteiger partial charge in [-0.3, -0.25) is 10.1 Å². The van der Waals surface area contributed by atoms with E-state index in [1.165, 1.54) is 12.8 Å². The number of thioether (sulfide) groups is 1. The van der Waals surface area contributed by atoms with Crippen molar-refractivity contribution in [3.05, 3.63) is 34.4 Å². The van der Waals surface area contributed by atoms with Crippen LogP contribution < -0.4 is 5.32 Å². The third kappa shape index (κ3) is 4.36. The first-order valence-electron chi connectivity index (χ1n) is 5.86. The van der Waals surface area contributed by atoms with Gasteiger partial charge in [-0.05, 0) is 43.7 Å². The van der Waals surface area contributed by atoms with Crippen LogP contribution in [-0.2, 0) is 0 Å². The predicted molar refractivity (Wildman–Crippen MR) is 69.5 cm³/mol. The molecule has 0 aliphatic heterocycles. The van der Waals surface area contributed by atoms with Gasteiger partial charge < -0.3 is 5.32 Å². The maximum Gasteiger partial charge on any atom is 0.269 e. The molecular weight excluding hydrogens is 236 g/mol. The van der Waals surface area contributed by atoms with Gasteiger partial charge in [0, 0.05) is 23.1 Å². The van der Waals surface area contributed by atoms with Crippen LogP contribution in [0, 0.1) is 10.1 Å². The summed E-state index contributed by atoms with van der Waals surface area (Å²) in [5.74, 6) is 1.05. The van der Waals surface area contributed by atoms with Crippen molar-refractivity contribution in [1.29, 1.82) is 0 Å². The number of nitro groups is 1. The lowest BCUT2D eigenvalue weighted by Crippen LogP contribution is -2.17. The van der Waals surface area contributed by atoms with E-state index in [1.54, 1.807) is 23.9 Å². The molecule has 5 heteroatoms. The molecule has 0 amide bonds. The van der Waals surface area contributed by atoms with Crippen molar-refractivity contribution in [2.75, 3.05) is 12.3 Å². The second-order valence-electron chi connectivity index (χ2n) is 4.18. The number of nitrogens with one attached hydrogen (secondary N) is 1. The Morgan fingerprint density at radius 1 is 1.35 bits per heavy atom. The third-order valence-corrected chi connectivity index (χ3v) is 3.75. The molecule has 1 saturated carbocycles. The third-order valence-electron chi connectivity index (χ3n) is 2.65. The Morgan fingerprint density at radius 2 is 2.06 bits per heavy atom. The van der Waals surface area contributed by atoms with E-state index >= 15 is 0 Å². The van der Waals surface area contributed by atoms with Gasteiger partial charge >= 0.3 is 0 Å². The van der Waals surface area contributed by atoms with E-state index in [-0.39, 0.29) is 10.6 Å². The summed E-state index contributed by atoms with van der Waals surface area (Å²) in [6.45, 7) is 1.07. The molecule has 0 unspecified atom stereocenters. The molecule has 17 heavy (non-hydrogen) atoms. The Morgan fingerprint density at radius 3 is 2.65 bits per heavy atom. The van der Waals surface area contributed by atoms with Crippen LogP contribution in [0.5, 0.6) is 0 Å². The van der Waals surface area contributed by atoms with Crippen molar-refractivity contribution >= 4 is 17.4 Å². The summed E-state index contributed by atoms with van der Waals surface area (Å²) in [6, 6.07) is 7.53. The van der Waals surface area contributed by atoms with Crippen molar-refractivity contribution in [3.63, 3.8) is 0 Å². The van der Waals surface area contributed by atoms with Crippen LogP contribution in [0.2, 0.25) is 0 Å². The van der Waals surface area contributed by atoms with Crippen molar-refractivity contribution in [3.8, 4) is 0 Å². The first-order valence-corrected chi connectivity index (χ1v) is 6.85. The molecule has 4 nitrogen and oxygen atoms in total. The van der Waals surface area contributed by atoms with Gasteiger partial charge in [0.2, 0.25) is 0 Å². The molecule has 0 spiro atoms. The highest BCUT2D eigenvalue weighted by molar-refractivity contribution is 7.99. The van der Waals surface area contributed by atoms with E-state index < -0.39 is 0 Å². The molecule has 0 aromatic heterocycles. The van der Waals surface area contributed by atoms with Gasteiger partial charge in [-0.1, -0.05) is 0 Å². The molecule has 0 heterocycles. The zero-order chi connectivity index (χ0) is 12.1. The standard InChI is InChI=1S/C12H16N2O2S/c15-14(16)11-4-6-12(7-5-11)17-9-1-8-13-10-2-3-10/h4-7,10,13H,1-3,8-9H2. The van der Waals surface area contributed by atoms with Crippen molar-refractivity contribution < 1.29 is 4.92 Å². The quantitative estimate of drug-likeness (QED) is 0.351. The minimum absolute atomic E-state index is 0.157. The molecule has 0 saturated heterocycles. The molecule has 0 radical (unpaired) electrons. The van der Waals surface area contributed by atoms with Crippen molar-refractivity contribution in [2.45, 2.75) is 30.2 Å². The highest BCUT2D eigenvalue weighted by Crippen LogP contribution is 2.22. The molecule has 0 atom stereocenters. The summed E-state index contributed by atoms with van der Waals surface area (Å²) in [6.07, 6.45) is 3.79. The number of non-ortho nitro benzene ring substituents is 1. The fraction of sp³-hybridized carbons (Fsp3) is 0.500. The fourth-order valence-corrected chi connectivity index (χ4v) is 2.37. The number of benzene rings is 1. The zero-order valence-corrected chi connectivity index (χ0v) is 10.4. The van der Waals surface area contributed by atoms with Crippen LogP contribution in [0.25, 0.3) is 0 Å². The van der Waals surface area contributed by atoms with E-state index in [0.29, 0.717) is 0 Å². The number of nitro benzene ring substituents is 1. The summed E-state index contributed by atoms with van der Waals surface area (Å²) in [5.41, 5.74) is 0.157. The number of nitrogens with zero attached hydrogens (tertiary/aromatic N) is 1. The average Bonchev–Trinajstić information content (AvgIpc) is 3.13. The van der Waals surface area contributed by atoms with Crippen LogP contribution in [0.3, 0.4) is 0 Å². The molecule has 92 valence electrons. The Balaban J connectivity index is 1.65. The van der Waals surface area contributed by atoms with Gasteiger partial charge in [0.15, 0.2) is 0 Å². The molecule has 2 rings (SSSR count). The lowest BCUT2D eigenvalue weighted by molar-refractivity contribution is -0.384. The normalized spacial score (nSPS) is 14.8. The zero-order valence-electron chi connectivity index (χ0n) is 9.59. The number of rotatable bonds is 7. The summed E-state index contributed by atoms with van der Waals surface area (Å²) < 4.78 is 0. The minimum atomic E-state index is -0.367. The van der Waals surface area contributed by atoms with E-state index in [1.807, 2.05) is 12.1 Å². The first kappa shape index (κ1) is 12.4. The van der Waals surface area contributed by atoms with Crippen LogP contribution >= 0.6 is 11.8 Å². The van der Waals surface area contributed by atoms with Crippen molar-refractivity contribution in [2.24, 2.45) is 0 Å². The predicted octanol–water partition coefficient (Wildman–Crippen LogP) is 2.83. The fourth-order valence-electron chi connectivity index (χ4n) is 1.52. The maximum atomic E-state index is 10.5. The van der Waals surface area contributed by atoms with E-state index in [9.17, 15) is 10.1 Å². The number of hydrogen-bond acceptors (Lipinski definition) is 4. The Kier molecular flexibility index (Phi) is 4.39. The molecule has 1 aromatic rings. The van der Waals surface area contributed by atoms with E-state index in [4.69, 9.17) is 0 Å². The summed E-state index contributed by atoms with van der Waals surface area (Å²) >= 11 is 1.75. The Bertz CT molecular complexity index is 377. The van der Waals surface area contributed by atoms with Gasteiger partial charge in [0.25, 0.3) is 5.69 Å². The summed E-state index contributed by atoms with van der Waals surface area (Å²) in [4.78, 5) is 11.2.